The summed E-state index contributed by atoms with van der Waals surface area (Å²) in [5, 5.41) is 0. The first-order valence-corrected chi connectivity index (χ1v) is 13.0. The Bertz CT molecular complexity index is 1780. The van der Waals surface area contributed by atoms with Crippen LogP contribution in [-0.2, 0) is 5.41 Å². The molecule has 1 atom stereocenters. The summed E-state index contributed by atoms with van der Waals surface area (Å²) in [6.45, 7) is 0. The van der Waals surface area contributed by atoms with E-state index in [1.165, 1.54) is 6.07 Å². The number of carbonyl (C=O) groups is 1. The molecule has 0 saturated heterocycles. The normalized spacial score (nSPS) is 16.7. The third-order valence-electron chi connectivity index (χ3n) is 7.02. The third kappa shape index (κ3) is 5.22. The van der Waals surface area contributed by atoms with Gasteiger partial charge in [0, 0.05) is 16.5 Å². The zero-order chi connectivity index (χ0) is 27.4. The van der Waals surface area contributed by atoms with Crippen molar-refractivity contribution in [1.82, 2.24) is 9.97 Å². The fourth-order valence-electron chi connectivity index (χ4n) is 4.95. The van der Waals surface area contributed by atoms with E-state index in [4.69, 9.17) is 4.74 Å². The van der Waals surface area contributed by atoms with E-state index < -0.39 is 5.41 Å². The van der Waals surface area contributed by atoms with Crippen molar-refractivity contribution in [2.24, 2.45) is 0 Å². The molecule has 0 fully saturated rings. The van der Waals surface area contributed by atoms with Crippen molar-refractivity contribution in [2.75, 3.05) is 0 Å². The molecule has 0 N–H and O–H groups in total. The molecule has 1 unspecified atom stereocenters. The zero-order valence-corrected chi connectivity index (χ0v) is 21.6. The van der Waals surface area contributed by atoms with E-state index in [-0.39, 0.29) is 11.6 Å². The van der Waals surface area contributed by atoms with E-state index in [0.717, 1.165) is 22.2 Å². The van der Waals surface area contributed by atoms with Gasteiger partial charge in [-0.1, -0.05) is 97.1 Å². The molecule has 0 spiro atoms. The van der Waals surface area contributed by atoms with Crippen LogP contribution in [0.4, 0.5) is 4.39 Å². The maximum Gasteiger partial charge on any atom is 0.238 e. The molecule has 0 bridgehead atoms. The Labute approximate surface area is 231 Å². The van der Waals surface area contributed by atoms with Crippen LogP contribution in [0.5, 0.6) is 11.6 Å². The van der Waals surface area contributed by atoms with Gasteiger partial charge in [-0.15, -0.1) is 0 Å². The number of allylic oxidation sites excluding steroid dienone is 6. The Morgan fingerprint density at radius 3 is 2.38 bits per heavy atom. The standard InChI is InChI=1S/C35H25FN2O2/c36-30-13-5-4-12-29(30)26-11-8-21-35(23-26,22-20-33(39)25-9-2-1-3-10-25)27-16-18-28(19-17-27)40-34-24-37-31-14-6-7-15-32(31)38-34/h1-22,24H,23H2/b22-20+. The van der Waals surface area contributed by atoms with Crippen LogP contribution < -0.4 is 4.74 Å². The molecule has 5 heteroatoms. The van der Waals surface area contributed by atoms with Gasteiger partial charge in [0.25, 0.3) is 0 Å². The van der Waals surface area contributed by atoms with Crippen LogP contribution >= 0.6 is 0 Å². The third-order valence-corrected chi connectivity index (χ3v) is 7.02. The van der Waals surface area contributed by atoms with E-state index in [1.54, 1.807) is 36.5 Å². The van der Waals surface area contributed by atoms with Gasteiger partial charge in [0.15, 0.2) is 5.78 Å². The number of hydrogen-bond acceptors (Lipinski definition) is 4. The summed E-state index contributed by atoms with van der Waals surface area (Å²) < 4.78 is 20.8. The van der Waals surface area contributed by atoms with E-state index in [1.807, 2.05) is 91.0 Å². The van der Waals surface area contributed by atoms with Crippen molar-refractivity contribution >= 4 is 22.4 Å². The van der Waals surface area contributed by atoms with Crippen LogP contribution in [0.1, 0.15) is 27.9 Å². The highest BCUT2D eigenvalue weighted by Gasteiger charge is 2.31. The monoisotopic (exact) mass is 524 g/mol. The first-order chi connectivity index (χ1) is 19.6. The van der Waals surface area contributed by atoms with Gasteiger partial charge >= 0.3 is 0 Å². The second kappa shape index (κ2) is 10.9. The molecule has 0 aliphatic heterocycles. The highest BCUT2D eigenvalue weighted by atomic mass is 19.1. The number of hydrogen-bond donors (Lipinski definition) is 0. The quantitative estimate of drug-likeness (QED) is 0.159. The number of aromatic nitrogens is 2. The lowest BCUT2D eigenvalue weighted by atomic mass is 9.71. The summed E-state index contributed by atoms with van der Waals surface area (Å²) in [6.07, 6.45) is 11.5. The largest absolute Gasteiger partial charge is 0.437 e. The van der Waals surface area contributed by atoms with Crippen LogP contribution in [0.2, 0.25) is 0 Å². The maximum absolute atomic E-state index is 14.8. The highest BCUT2D eigenvalue weighted by Crippen LogP contribution is 2.41. The van der Waals surface area contributed by atoms with Crippen molar-refractivity contribution < 1.29 is 13.9 Å². The predicted octanol–water partition coefficient (Wildman–Crippen LogP) is 8.28. The number of ether oxygens (including phenoxy) is 1. The molecule has 5 aromatic rings. The number of carbonyl (C=O) groups excluding carboxylic acids is 1. The summed E-state index contributed by atoms with van der Waals surface area (Å²) in [7, 11) is 0. The first kappa shape index (κ1) is 25.1. The second-order valence-corrected chi connectivity index (χ2v) is 9.64. The molecule has 0 saturated carbocycles. The van der Waals surface area contributed by atoms with Crippen LogP contribution in [0.3, 0.4) is 0 Å². The number of benzene rings is 4. The minimum Gasteiger partial charge on any atom is -0.437 e. The average Bonchev–Trinajstić information content (AvgIpc) is 3.01. The van der Waals surface area contributed by atoms with Crippen molar-refractivity contribution in [3.63, 3.8) is 0 Å². The molecule has 1 aliphatic carbocycles. The molecule has 194 valence electrons. The highest BCUT2D eigenvalue weighted by molar-refractivity contribution is 6.04. The Morgan fingerprint density at radius 1 is 0.850 bits per heavy atom. The van der Waals surface area contributed by atoms with E-state index in [2.05, 4.69) is 16.0 Å². The SMILES string of the molecule is O=C(/C=C/C1(c2ccc(Oc3cnc4ccccc4n3)cc2)C=CC=C(c2ccccc2F)C1)c1ccccc1. The van der Waals surface area contributed by atoms with Gasteiger partial charge in [-0.2, -0.15) is 0 Å². The number of fused-ring (bicyclic) bond motifs is 1. The summed E-state index contributed by atoms with van der Waals surface area (Å²) in [5.41, 5.74) is 3.84. The minimum absolute atomic E-state index is 0.0924. The van der Waals surface area contributed by atoms with Gasteiger partial charge in [0.1, 0.15) is 11.6 Å². The summed E-state index contributed by atoms with van der Waals surface area (Å²) in [6, 6.07) is 31.2. The summed E-state index contributed by atoms with van der Waals surface area (Å²) in [4.78, 5) is 22.0. The molecule has 0 radical (unpaired) electrons. The topological polar surface area (TPSA) is 52.1 Å². The van der Waals surface area contributed by atoms with Crippen LogP contribution in [0.25, 0.3) is 16.6 Å². The summed E-state index contributed by atoms with van der Waals surface area (Å²) >= 11 is 0. The van der Waals surface area contributed by atoms with Gasteiger partial charge in [-0.05, 0) is 54.0 Å². The fourth-order valence-corrected chi connectivity index (χ4v) is 4.95. The van der Waals surface area contributed by atoms with Gasteiger partial charge in [-0.25, -0.2) is 14.4 Å². The van der Waals surface area contributed by atoms with Gasteiger partial charge in [0.05, 0.1) is 17.2 Å². The van der Waals surface area contributed by atoms with E-state index >= 15 is 0 Å². The van der Waals surface area contributed by atoms with Gasteiger partial charge < -0.3 is 4.74 Å². The number of ketones is 1. The Morgan fingerprint density at radius 2 is 1.57 bits per heavy atom. The molecule has 6 rings (SSSR count). The number of halogens is 1. The Kier molecular flexibility index (Phi) is 6.86. The first-order valence-electron chi connectivity index (χ1n) is 13.0. The molecule has 4 nitrogen and oxygen atoms in total. The molecule has 40 heavy (non-hydrogen) atoms. The molecule has 0 amide bonds. The van der Waals surface area contributed by atoms with E-state index in [9.17, 15) is 9.18 Å². The lowest BCUT2D eigenvalue weighted by Gasteiger charge is -2.32. The number of para-hydroxylation sites is 2. The van der Waals surface area contributed by atoms with Crippen molar-refractivity contribution in [2.45, 2.75) is 11.8 Å². The molecular formula is C35H25FN2O2. The summed E-state index contributed by atoms with van der Waals surface area (Å²) in [5.74, 6) is 0.641. The van der Waals surface area contributed by atoms with Crippen molar-refractivity contribution in [3.05, 3.63) is 162 Å². The predicted molar refractivity (Wildman–Crippen MR) is 156 cm³/mol. The zero-order valence-electron chi connectivity index (χ0n) is 21.6. The van der Waals surface area contributed by atoms with Crippen molar-refractivity contribution in [1.29, 1.82) is 0 Å². The molecule has 4 aromatic carbocycles. The number of nitrogens with zero attached hydrogens (tertiary/aromatic N) is 2. The lowest BCUT2D eigenvalue weighted by Crippen LogP contribution is -2.24. The number of rotatable bonds is 7. The minimum atomic E-state index is -0.669. The van der Waals surface area contributed by atoms with Crippen LogP contribution in [-0.4, -0.2) is 15.8 Å². The van der Waals surface area contributed by atoms with E-state index in [0.29, 0.717) is 29.2 Å². The average molecular weight is 525 g/mol. The van der Waals surface area contributed by atoms with Crippen molar-refractivity contribution in [3.8, 4) is 11.6 Å². The Balaban J connectivity index is 1.32. The maximum atomic E-state index is 14.8. The molecule has 1 aliphatic rings. The van der Waals surface area contributed by atoms with Gasteiger partial charge in [-0.3, -0.25) is 4.79 Å². The van der Waals surface area contributed by atoms with Gasteiger partial charge in [0.2, 0.25) is 5.88 Å². The second-order valence-electron chi connectivity index (χ2n) is 9.64. The molecular weight excluding hydrogens is 499 g/mol. The lowest BCUT2D eigenvalue weighted by molar-refractivity contribution is 0.104. The van der Waals surface area contributed by atoms with Crippen LogP contribution in [0, 0.1) is 5.82 Å². The van der Waals surface area contributed by atoms with Crippen LogP contribution in [0.15, 0.2) is 140 Å². The smallest absolute Gasteiger partial charge is 0.238 e. The molecule has 1 heterocycles. The fraction of sp³-hybridized carbons (Fsp3) is 0.0571. The molecule has 1 aromatic heterocycles. The Hall–Kier alpha value is -5.16.